The molecule has 3 atom stereocenters. The summed E-state index contributed by atoms with van der Waals surface area (Å²) in [6, 6.07) is 27.4. The van der Waals surface area contributed by atoms with Gasteiger partial charge in [0, 0.05) is 23.7 Å². The van der Waals surface area contributed by atoms with E-state index in [9.17, 15) is 4.79 Å². The van der Waals surface area contributed by atoms with E-state index in [1.165, 1.54) is 22.4 Å². The Morgan fingerprint density at radius 1 is 0.967 bits per heavy atom. The fourth-order valence-electron chi connectivity index (χ4n) is 4.79. The third kappa shape index (κ3) is 3.76. The van der Waals surface area contributed by atoms with Crippen LogP contribution in [0.2, 0.25) is 0 Å². The van der Waals surface area contributed by atoms with Crippen LogP contribution in [0.25, 0.3) is 0 Å². The quantitative estimate of drug-likeness (QED) is 0.515. The number of nitrogens with one attached hydrogen (secondary N) is 2. The standard InChI is InChI=1S/C27H26N2O/c30-26(17-14-19-8-3-1-4-9-19)28-21-15-16-25-24(18-21)22-12-7-13-23(22)27(29-25)20-10-5-2-6-11-20/h1-12,15-16,18,22-23,27,29H,13-14,17H2,(H,28,30). The van der Waals surface area contributed by atoms with Crippen molar-refractivity contribution >= 4 is 17.3 Å². The number of hydrogen-bond acceptors (Lipinski definition) is 2. The SMILES string of the molecule is O=C(CCc1ccccc1)Nc1ccc2c(c1)C1C=CCC1C(c1ccccc1)N2. The summed E-state index contributed by atoms with van der Waals surface area (Å²) in [5.41, 5.74) is 5.85. The van der Waals surface area contributed by atoms with Crippen molar-refractivity contribution in [1.82, 2.24) is 0 Å². The molecule has 3 aromatic carbocycles. The van der Waals surface area contributed by atoms with Crippen molar-refractivity contribution in [3.05, 3.63) is 108 Å². The lowest BCUT2D eigenvalue weighted by Crippen LogP contribution is -2.29. The highest BCUT2D eigenvalue weighted by atomic mass is 16.1. The molecule has 0 radical (unpaired) electrons. The molecule has 3 nitrogen and oxygen atoms in total. The average Bonchev–Trinajstić information content (AvgIpc) is 3.29. The number of benzene rings is 3. The van der Waals surface area contributed by atoms with Crippen molar-refractivity contribution in [1.29, 1.82) is 0 Å². The summed E-state index contributed by atoms with van der Waals surface area (Å²) >= 11 is 0. The Balaban J connectivity index is 1.32. The zero-order valence-corrected chi connectivity index (χ0v) is 16.9. The van der Waals surface area contributed by atoms with E-state index in [4.69, 9.17) is 0 Å². The fourth-order valence-corrected chi connectivity index (χ4v) is 4.79. The zero-order chi connectivity index (χ0) is 20.3. The van der Waals surface area contributed by atoms with Crippen molar-refractivity contribution in [2.75, 3.05) is 10.6 Å². The predicted molar refractivity (Wildman–Crippen MR) is 123 cm³/mol. The topological polar surface area (TPSA) is 41.1 Å². The molecule has 3 unspecified atom stereocenters. The molecular formula is C27H26N2O. The summed E-state index contributed by atoms with van der Waals surface area (Å²) in [7, 11) is 0. The molecule has 1 heterocycles. The largest absolute Gasteiger partial charge is 0.378 e. The van der Waals surface area contributed by atoms with Gasteiger partial charge < -0.3 is 10.6 Å². The molecule has 0 bridgehead atoms. The molecule has 1 aliphatic heterocycles. The highest BCUT2D eigenvalue weighted by Gasteiger charge is 2.37. The van der Waals surface area contributed by atoms with E-state index in [0.29, 0.717) is 24.3 Å². The fraction of sp³-hybridized carbons (Fsp3) is 0.222. The van der Waals surface area contributed by atoms with E-state index in [-0.39, 0.29) is 5.91 Å². The van der Waals surface area contributed by atoms with Crippen LogP contribution >= 0.6 is 0 Å². The number of fused-ring (bicyclic) bond motifs is 3. The first-order valence-electron chi connectivity index (χ1n) is 10.7. The first-order valence-corrected chi connectivity index (χ1v) is 10.7. The molecule has 0 saturated heterocycles. The number of anilines is 2. The van der Waals surface area contributed by atoms with Crippen LogP contribution in [-0.2, 0) is 11.2 Å². The van der Waals surface area contributed by atoms with Gasteiger partial charge in [-0.05, 0) is 53.6 Å². The second-order valence-electron chi connectivity index (χ2n) is 8.22. The van der Waals surface area contributed by atoms with E-state index in [2.05, 4.69) is 77.4 Å². The van der Waals surface area contributed by atoms with Crippen LogP contribution in [0.15, 0.2) is 91.0 Å². The molecule has 0 aromatic heterocycles. The molecule has 30 heavy (non-hydrogen) atoms. The first kappa shape index (κ1) is 18.7. The van der Waals surface area contributed by atoms with Gasteiger partial charge in [0.25, 0.3) is 0 Å². The van der Waals surface area contributed by atoms with Gasteiger partial charge in [0.1, 0.15) is 0 Å². The van der Waals surface area contributed by atoms with Gasteiger partial charge in [0.2, 0.25) is 5.91 Å². The monoisotopic (exact) mass is 394 g/mol. The Kier molecular flexibility index (Phi) is 5.10. The zero-order valence-electron chi connectivity index (χ0n) is 16.9. The van der Waals surface area contributed by atoms with Gasteiger partial charge in [0.15, 0.2) is 0 Å². The van der Waals surface area contributed by atoms with Gasteiger partial charge in [-0.15, -0.1) is 0 Å². The summed E-state index contributed by atoms with van der Waals surface area (Å²) in [6.45, 7) is 0. The van der Waals surface area contributed by atoms with Gasteiger partial charge in [-0.3, -0.25) is 4.79 Å². The van der Waals surface area contributed by atoms with Crippen molar-refractivity contribution in [2.45, 2.75) is 31.2 Å². The van der Waals surface area contributed by atoms with Crippen LogP contribution < -0.4 is 10.6 Å². The van der Waals surface area contributed by atoms with Crippen molar-refractivity contribution in [2.24, 2.45) is 5.92 Å². The molecule has 150 valence electrons. The Labute approximate surface area is 177 Å². The van der Waals surface area contributed by atoms with E-state index < -0.39 is 0 Å². The van der Waals surface area contributed by atoms with Crippen LogP contribution in [0.1, 0.15) is 41.5 Å². The second kappa shape index (κ2) is 8.19. The third-order valence-electron chi connectivity index (χ3n) is 6.29. The minimum absolute atomic E-state index is 0.0586. The molecule has 0 saturated carbocycles. The average molecular weight is 395 g/mol. The van der Waals surface area contributed by atoms with E-state index in [0.717, 1.165) is 18.5 Å². The van der Waals surface area contributed by atoms with E-state index >= 15 is 0 Å². The molecule has 2 aliphatic rings. The normalized spacial score (nSPS) is 21.4. The number of aryl methyl sites for hydroxylation is 1. The van der Waals surface area contributed by atoms with E-state index in [1.54, 1.807) is 0 Å². The van der Waals surface area contributed by atoms with Crippen LogP contribution in [0.4, 0.5) is 11.4 Å². The summed E-state index contributed by atoms with van der Waals surface area (Å²) in [6.07, 6.45) is 6.95. The lowest BCUT2D eigenvalue weighted by atomic mass is 9.77. The Morgan fingerprint density at radius 3 is 2.53 bits per heavy atom. The van der Waals surface area contributed by atoms with Crippen LogP contribution in [-0.4, -0.2) is 5.91 Å². The van der Waals surface area contributed by atoms with Crippen LogP contribution in [0.3, 0.4) is 0 Å². The molecule has 0 spiro atoms. The molecule has 3 aromatic rings. The lowest BCUT2D eigenvalue weighted by Gasteiger charge is -2.37. The summed E-state index contributed by atoms with van der Waals surface area (Å²) in [5.74, 6) is 0.944. The van der Waals surface area contributed by atoms with Crippen molar-refractivity contribution in [3.63, 3.8) is 0 Å². The summed E-state index contributed by atoms with van der Waals surface area (Å²) < 4.78 is 0. The number of rotatable bonds is 5. The Morgan fingerprint density at radius 2 is 1.73 bits per heavy atom. The van der Waals surface area contributed by atoms with Crippen LogP contribution in [0, 0.1) is 5.92 Å². The van der Waals surface area contributed by atoms with Crippen LogP contribution in [0.5, 0.6) is 0 Å². The van der Waals surface area contributed by atoms with Gasteiger partial charge >= 0.3 is 0 Å². The van der Waals surface area contributed by atoms with Gasteiger partial charge in [0.05, 0.1) is 6.04 Å². The maximum Gasteiger partial charge on any atom is 0.224 e. The number of carbonyl (C=O) groups excluding carboxylic acids is 1. The predicted octanol–water partition coefficient (Wildman–Crippen LogP) is 6.08. The number of allylic oxidation sites excluding steroid dienone is 2. The molecule has 3 heteroatoms. The molecular weight excluding hydrogens is 368 g/mol. The minimum Gasteiger partial charge on any atom is -0.378 e. The summed E-state index contributed by atoms with van der Waals surface area (Å²) in [5, 5.41) is 6.85. The van der Waals surface area contributed by atoms with Gasteiger partial charge in [-0.25, -0.2) is 0 Å². The Hall–Kier alpha value is -3.33. The van der Waals surface area contributed by atoms with Crippen molar-refractivity contribution < 1.29 is 4.79 Å². The molecule has 1 amide bonds. The summed E-state index contributed by atoms with van der Waals surface area (Å²) in [4.78, 5) is 12.5. The lowest BCUT2D eigenvalue weighted by molar-refractivity contribution is -0.116. The number of amides is 1. The highest BCUT2D eigenvalue weighted by molar-refractivity contribution is 5.91. The van der Waals surface area contributed by atoms with Crippen molar-refractivity contribution in [3.8, 4) is 0 Å². The molecule has 0 fully saturated rings. The number of hydrogen-bond donors (Lipinski definition) is 2. The molecule has 2 N–H and O–H groups in total. The van der Waals surface area contributed by atoms with E-state index in [1.807, 2.05) is 24.3 Å². The maximum absolute atomic E-state index is 12.5. The second-order valence-corrected chi connectivity index (χ2v) is 8.22. The number of carbonyl (C=O) groups is 1. The molecule has 1 aliphatic carbocycles. The smallest absolute Gasteiger partial charge is 0.224 e. The minimum atomic E-state index is 0.0586. The Bertz CT molecular complexity index is 1060. The maximum atomic E-state index is 12.5. The van der Waals surface area contributed by atoms with Gasteiger partial charge in [-0.2, -0.15) is 0 Å². The molecule has 5 rings (SSSR count). The van der Waals surface area contributed by atoms with Gasteiger partial charge in [-0.1, -0.05) is 72.8 Å². The first-order chi connectivity index (χ1) is 14.8. The third-order valence-corrected chi connectivity index (χ3v) is 6.29. The highest BCUT2D eigenvalue weighted by Crippen LogP contribution is 2.50.